The summed E-state index contributed by atoms with van der Waals surface area (Å²) in [6.45, 7) is 5.74. The largest absolute Gasteiger partial charge is 0.444 e. The van der Waals surface area contributed by atoms with Crippen LogP contribution in [0.2, 0.25) is 0 Å². The number of alkyl halides is 3. The summed E-state index contributed by atoms with van der Waals surface area (Å²) in [5.74, 6) is -2.05. The van der Waals surface area contributed by atoms with Crippen molar-refractivity contribution >= 4 is 6.09 Å². The first-order valence-electron chi connectivity index (χ1n) is 8.27. The molecule has 2 heterocycles. The molecular weight excluding hydrogens is 356 g/mol. The van der Waals surface area contributed by atoms with Crippen molar-refractivity contribution in [1.82, 2.24) is 9.88 Å². The number of carbonyl (C=O) groups is 1. The molecule has 0 spiro atoms. The molecule has 1 N–H and O–H groups in total. The monoisotopic (exact) mass is 378 g/mol. The van der Waals surface area contributed by atoms with Crippen molar-refractivity contribution < 1.29 is 32.2 Å². The molecule has 1 aromatic rings. The summed E-state index contributed by atoms with van der Waals surface area (Å²) in [5.41, 5.74) is -2.71. The Morgan fingerprint density at radius 1 is 1.31 bits per heavy atom. The van der Waals surface area contributed by atoms with Gasteiger partial charge in [-0.25, -0.2) is 9.18 Å². The fourth-order valence-electron chi connectivity index (χ4n) is 2.83. The molecule has 1 aliphatic rings. The first kappa shape index (κ1) is 20.4. The van der Waals surface area contributed by atoms with E-state index in [1.165, 1.54) is 4.90 Å². The minimum Gasteiger partial charge on any atom is -0.444 e. The Labute approximate surface area is 149 Å². The molecule has 0 aromatic carbocycles. The van der Waals surface area contributed by atoms with E-state index in [1.807, 2.05) is 0 Å². The summed E-state index contributed by atoms with van der Waals surface area (Å²) >= 11 is 0. The number of aliphatic hydroxyl groups is 1. The van der Waals surface area contributed by atoms with Crippen molar-refractivity contribution in [2.24, 2.45) is 5.92 Å². The third kappa shape index (κ3) is 4.84. The molecule has 1 fully saturated rings. The topological polar surface area (TPSA) is 62.7 Å². The molecule has 1 unspecified atom stereocenters. The highest BCUT2D eigenvalue weighted by Crippen LogP contribution is 2.36. The van der Waals surface area contributed by atoms with Gasteiger partial charge in [-0.3, -0.25) is 4.98 Å². The maximum absolute atomic E-state index is 14.1. The molecule has 146 valence electrons. The first-order valence-corrected chi connectivity index (χ1v) is 8.27. The lowest BCUT2D eigenvalue weighted by Crippen LogP contribution is -2.42. The fourth-order valence-corrected chi connectivity index (χ4v) is 2.83. The number of likely N-dealkylation sites (tertiary alicyclic amines) is 1. The van der Waals surface area contributed by atoms with Crippen molar-refractivity contribution in [2.75, 3.05) is 13.1 Å². The average molecular weight is 378 g/mol. The maximum atomic E-state index is 14.1. The Kier molecular flexibility index (Phi) is 5.79. The van der Waals surface area contributed by atoms with Gasteiger partial charge >= 0.3 is 12.3 Å². The number of nitrogens with zero attached hydrogens (tertiary/aromatic N) is 2. The molecule has 0 bridgehead atoms. The van der Waals surface area contributed by atoms with Crippen molar-refractivity contribution in [3.8, 4) is 0 Å². The lowest BCUT2D eigenvalue weighted by Gasteiger charge is -2.35. The molecule has 2 rings (SSSR count). The SMILES string of the molecule is CC(C)(C)OC(=O)N1CCC(C(O)c2nccc(C(F)(F)F)c2F)CC1. The average Bonchev–Trinajstić information content (AvgIpc) is 2.52. The van der Waals surface area contributed by atoms with Crippen LogP contribution in [0.3, 0.4) is 0 Å². The number of aliphatic hydroxyl groups excluding tert-OH is 1. The number of halogens is 4. The number of piperidine rings is 1. The molecule has 0 aliphatic carbocycles. The normalized spacial score (nSPS) is 17.9. The minimum absolute atomic E-state index is 0.261. The molecule has 26 heavy (non-hydrogen) atoms. The van der Waals surface area contributed by atoms with Crippen molar-refractivity contribution in [3.63, 3.8) is 0 Å². The smallest absolute Gasteiger partial charge is 0.419 e. The van der Waals surface area contributed by atoms with Gasteiger partial charge in [0.1, 0.15) is 17.4 Å². The molecule has 1 saturated heterocycles. The molecule has 1 atom stereocenters. The summed E-state index contributed by atoms with van der Waals surface area (Å²) in [6.07, 6.45) is -5.39. The molecule has 1 aliphatic heterocycles. The number of hydrogen-bond acceptors (Lipinski definition) is 4. The summed E-state index contributed by atoms with van der Waals surface area (Å²) in [4.78, 5) is 17.1. The summed E-state index contributed by atoms with van der Waals surface area (Å²) < 4.78 is 57.8. The van der Waals surface area contributed by atoms with Crippen molar-refractivity contribution in [1.29, 1.82) is 0 Å². The molecule has 5 nitrogen and oxygen atoms in total. The zero-order valence-corrected chi connectivity index (χ0v) is 14.8. The fraction of sp³-hybridized carbons (Fsp3) is 0.647. The van der Waals surface area contributed by atoms with E-state index in [0.717, 1.165) is 6.20 Å². The van der Waals surface area contributed by atoms with Crippen LogP contribution in [0, 0.1) is 11.7 Å². The van der Waals surface area contributed by atoms with E-state index < -0.39 is 47.0 Å². The zero-order chi connectivity index (χ0) is 19.7. The van der Waals surface area contributed by atoms with Gasteiger partial charge < -0.3 is 14.7 Å². The maximum Gasteiger partial charge on any atom is 0.419 e. The van der Waals surface area contributed by atoms with Gasteiger partial charge in [-0.15, -0.1) is 0 Å². The second-order valence-electron chi connectivity index (χ2n) is 7.31. The van der Waals surface area contributed by atoms with Crippen LogP contribution in [0.4, 0.5) is 22.4 Å². The predicted molar refractivity (Wildman–Crippen MR) is 84.7 cm³/mol. The van der Waals surface area contributed by atoms with Gasteiger partial charge in [-0.2, -0.15) is 13.2 Å². The van der Waals surface area contributed by atoms with Crippen LogP contribution in [0.15, 0.2) is 12.3 Å². The predicted octanol–water partition coefficient (Wildman–Crippen LogP) is 3.92. The zero-order valence-electron chi connectivity index (χ0n) is 14.8. The molecule has 1 aromatic heterocycles. The van der Waals surface area contributed by atoms with E-state index in [-0.39, 0.29) is 13.1 Å². The van der Waals surface area contributed by atoms with E-state index >= 15 is 0 Å². The second kappa shape index (κ2) is 7.38. The highest BCUT2D eigenvalue weighted by molar-refractivity contribution is 5.68. The van der Waals surface area contributed by atoms with E-state index in [0.29, 0.717) is 18.9 Å². The number of ether oxygens (including phenoxy) is 1. The Balaban J connectivity index is 2.05. The van der Waals surface area contributed by atoms with E-state index in [9.17, 15) is 27.5 Å². The lowest BCUT2D eigenvalue weighted by atomic mass is 9.89. The van der Waals surface area contributed by atoms with Gasteiger partial charge in [-0.05, 0) is 45.6 Å². The lowest BCUT2D eigenvalue weighted by molar-refractivity contribution is -0.140. The van der Waals surface area contributed by atoms with Crippen molar-refractivity contribution in [3.05, 3.63) is 29.3 Å². The number of aromatic nitrogens is 1. The summed E-state index contributed by atoms with van der Waals surface area (Å²) in [7, 11) is 0. The van der Waals surface area contributed by atoms with Crippen LogP contribution in [0.1, 0.15) is 51.0 Å². The van der Waals surface area contributed by atoms with Gasteiger partial charge in [0.15, 0.2) is 5.82 Å². The number of hydrogen-bond donors (Lipinski definition) is 1. The number of pyridine rings is 1. The molecule has 0 saturated carbocycles. The van der Waals surface area contributed by atoms with Crippen LogP contribution in [-0.2, 0) is 10.9 Å². The van der Waals surface area contributed by atoms with E-state index in [1.54, 1.807) is 20.8 Å². The Morgan fingerprint density at radius 3 is 2.38 bits per heavy atom. The molecule has 9 heteroatoms. The van der Waals surface area contributed by atoms with Crippen molar-refractivity contribution in [2.45, 2.75) is 51.5 Å². The van der Waals surface area contributed by atoms with Gasteiger partial charge in [0.05, 0.1) is 5.56 Å². The Bertz CT molecular complexity index is 650. The third-order valence-corrected chi connectivity index (χ3v) is 4.14. The molecule has 0 radical (unpaired) electrons. The van der Waals surface area contributed by atoms with Gasteiger partial charge in [0.2, 0.25) is 0 Å². The van der Waals surface area contributed by atoms with Gasteiger partial charge in [-0.1, -0.05) is 0 Å². The quantitative estimate of drug-likeness (QED) is 0.793. The summed E-state index contributed by atoms with van der Waals surface area (Å²) in [5, 5.41) is 10.3. The first-order chi connectivity index (χ1) is 11.9. The molecular formula is C17H22F4N2O3. The minimum atomic E-state index is -4.86. The Morgan fingerprint density at radius 2 is 1.88 bits per heavy atom. The number of amides is 1. The van der Waals surface area contributed by atoms with Crippen LogP contribution in [0.5, 0.6) is 0 Å². The van der Waals surface area contributed by atoms with Crippen LogP contribution < -0.4 is 0 Å². The standard InChI is InChI=1S/C17H22F4N2O3/c1-16(2,3)26-15(25)23-8-5-10(6-9-23)14(24)13-12(18)11(4-7-22-13)17(19,20)21/h4,7,10,14,24H,5-6,8-9H2,1-3H3. The number of carbonyl (C=O) groups excluding carboxylic acids is 1. The van der Waals surface area contributed by atoms with Gasteiger partial charge in [0.25, 0.3) is 0 Å². The number of rotatable bonds is 2. The van der Waals surface area contributed by atoms with E-state index in [2.05, 4.69) is 4.98 Å². The highest BCUT2D eigenvalue weighted by atomic mass is 19.4. The van der Waals surface area contributed by atoms with Crippen LogP contribution >= 0.6 is 0 Å². The molecule has 1 amide bonds. The van der Waals surface area contributed by atoms with Crippen LogP contribution in [-0.4, -0.2) is 39.8 Å². The highest BCUT2D eigenvalue weighted by Gasteiger charge is 2.38. The Hall–Kier alpha value is -1.90. The van der Waals surface area contributed by atoms with Gasteiger partial charge in [0, 0.05) is 19.3 Å². The second-order valence-corrected chi connectivity index (χ2v) is 7.31. The van der Waals surface area contributed by atoms with Crippen LogP contribution in [0.25, 0.3) is 0 Å². The summed E-state index contributed by atoms with van der Waals surface area (Å²) in [6, 6.07) is 0.538. The third-order valence-electron chi connectivity index (χ3n) is 4.14. The van der Waals surface area contributed by atoms with E-state index in [4.69, 9.17) is 4.74 Å².